The molecule has 0 radical (unpaired) electrons. The van der Waals surface area contributed by atoms with Gasteiger partial charge in [0.15, 0.2) is 5.69 Å². The summed E-state index contributed by atoms with van der Waals surface area (Å²) in [5.74, 6) is -0.646. The quantitative estimate of drug-likeness (QED) is 0.769. The van der Waals surface area contributed by atoms with Crippen LogP contribution in [0.4, 0.5) is 0 Å². The Labute approximate surface area is 120 Å². The van der Waals surface area contributed by atoms with Gasteiger partial charge in [-0.25, -0.2) is 0 Å². The van der Waals surface area contributed by atoms with Crippen LogP contribution in [0.1, 0.15) is 10.5 Å². The van der Waals surface area contributed by atoms with E-state index in [0.717, 1.165) is 0 Å². The third kappa shape index (κ3) is 2.38. The molecular formula is C12H15ClN4O3. The summed E-state index contributed by atoms with van der Waals surface area (Å²) in [6.45, 7) is 1.49. The summed E-state index contributed by atoms with van der Waals surface area (Å²) in [5.41, 5.74) is 0.225. The molecule has 3 rings (SSSR count). The SMILES string of the molecule is Cn1cc(Cl)c(C(=O)N2C[C@H]3COC[C@@H](C2)C(=O)N3)n1. The van der Waals surface area contributed by atoms with E-state index in [9.17, 15) is 9.59 Å². The van der Waals surface area contributed by atoms with E-state index in [-0.39, 0.29) is 29.5 Å². The molecule has 2 saturated heterocycles. The highest BCUT2D eigenvalue weighted by molar-refractivity contribution is 6.33. The Hall–Kier alpha value is -1.60. The number of carbonyl (C=O) groups is 2. The van der Waals surface area contributed by atoms with Gasteiger partial charge in [-0.1, -0.05) is 11.6 Å². The zero-order chi connectivity index (χ0) is 14.3. The van der Waals surface area contributed by atoms with Crippen LogP contribution in [-0.4, -0.2) is 58.8 Å². The van der Waals surface area contributed by atoms with E-state index < -0.39 is 0 Å². The van der Waals surface area contributed by atoms with Crippen molar-refractivity contribution in [2.75, 3.05) is 26.3 Å². The number of amides is 2. The molecular weight excluding hydrogens is 284 g/mol. The van der Waals surface area contributed by atoms with Gasteiger partial charge in [0.2, 0.25) is 5.91 Å². The van der Waals surface area contributed by atoms with E-state index in [1.165, 1.54) is 4.68 Å². The predicted molar refractivity (Wildman–Crippen MR) is 70.4 cm³/mol. The molecule has 1 aromatic heterocycles. The Kier molecular flexibility index (Phi) is 3.39. The average Bonchev–Trinajstić information content (AvgIpc) is 2.53. The second-order valence-corrected chi connectivity index (χ2v) is 5.56. The van der Waals surface area contributed by atoms with Crippen molar-refractivity contribution < 1.29 is 14.3 Å². The van der Waals surface area contributed by atoms with Crippen molar-refractivity contribution in [2.45, 2.75) is 6.04 Å². The molecule has 2 aliphatic heterocycles. The third-order valence-electron chi connectivity index (χ3n) is 3.51. The van der Waals surface area contributed by atoms with Gasteiger partial charge < -0.3 is 15.0 Å². The second-order valence-electron chi connectivity index (χ2n) is 5.15. The van der Waals surface area contributed by atoms with Gasteiger partial charge in [0.25, 0.3) is 5.91 Å². The molecule has 1 aromatic rings. The van der Waals surface area contributed by atoms with Crippen LogP contribution in [0.5, 0.6) is 0 Å². The number of aromatic nitrogens is 2. The number of halogens is 1. The van der Waals surface area contributed by atoms with Gasteiger partial charge >= 0.3 is 0 Å². The van der Waals surface area contributed by atoms with E-state index in [0.29, 0.717) is 31.3 Å². The maximum Gasteiger partial charge on any atom is 0.276 e. The Morgan fingerprint density at radius 1 is 1.50 bits per heavy atom. The maximum atomic E-state index is 12.5. The van der Waals surface area contributed by atoms with Crippen LogP contribution in [0.15, 0.2) is 6.20 Å². The van der Waals surface area contributed by atoms with Crippen LogP contribution in [0.3, 0.4) is 0 Å². The molecule has 8 heteroatoms. The first-order chi connectivity index (χ1) is 9.54. The number of ether oxygens (including phenoxy) is 1. The normalized spacial score (nSPS) is 26.1. The number of rotatable bonds is 1. The largest absolute Gasteiger partial charge is 0.378 e. The van der Waals surface area contributed by atoms with Crippen LogP contribution in [0.25, 0.3) is 0 Å². The molecule has 0 aliphatic carbocycles. The van der Waals surface area contributed by atoms with Crippen LogP contribution in [0, 0.1) is 5.92 Å². The first-order valence-corrected chi connectivity index (χ1v) is 6.79. The molecule has 108 valence electrons. The maximum absolute atomic E-state index is 12.5. The number of fused-ring (bicyclic) bond motifs is 3. The Morgan fingerprint density at radius 3 is 3.00 bits per heavy atom. The molecule has 2 fully saturated rings. The van der Waals surface area contributed by atoms with E-state index in [4.69, 9.17) is 16.3 Å². The summed E-state index contributed by atoms with van der Waals surface area (Å²) in [6, 6.07) is -0.179. The monoisotopic (exact) mass is 298 g/mol. The number of aryl methyl sites for hydroxylation is 1. The second kappa shape index (κ2) is 5.06. The topological polar surface area (TPSA) is 76.5 Å². The van der Waals surface area contributed by atoms with Crippen LogP contribution < -0.4 is 5.32 Å². The lowest BCUT2D eigenvalue weighted by Gasteiger charge is -2.27. The van der Waals surface area contributed by atoms with E-state index >= 15 is 0 Å². The predicted octanol–water partition coefficient (Wildman–Crippen LogP) is -0.340. The van der Waals surface area contributed by atoms with Crippen molar-refractivity contribution in [3.63, 3.8) is 0 Å². The summed E-state index contributed by atoms with van der Waals surface area (Å²) in [4.78, 5) is 26.0. The van der Waals surface area contributed by atoms with Crippen LogP contribution in [0.2, 0.25) is 5.02 Å². The molecule has 3 heterocycles. The highest BCUT2D eigenvalue weighted by atomic mass is 35.5. The van der Waals surface area contributed by atoms with Gasteiger partial charge in [-0.3, -0.25) is 14.3 Å². The minimum atomic E-state index is -0.339. The molecule has 2 atom stereocenters. The van der Waals surface area contributed by atoms with Gasteiger partial charge in [0.05, 0.1) is 30.2 Å². The van der Waals surface area contributed by atoms with Gasteiger partial charge in [-0.05, 0) is 0 Å². The van der Waals surface area contributed by atoms with Crippen molar-refractivity contribution in [1.29, 1.82) is 0 Å². The van der Waals surface area contributed by atoms with Gasteiger partial charge in [-0.15, -0.1) is 0 Å². The van der Waals surface area contributed by atoms with Crippen molar-refractivity contribution in [1.82, 2.24) is 20.0 Å². The van der Waals surface area contributed by atoms with E-state index in [2.05, 4.69) is 10.4 Å². The lowest BCUT2D eigenvalue weighted by Crippen LogP contribution is -2.44. The van der Waals surface area contributed by atoms with Crippen molar-refractivity contribution in [2.24, 2.45) is 13.0 Å². The molecule has 20 heavy (non-hydrogen) atoms. The molecule has 1 N–H and O–H groups in total. The highest BCUT2D eigenvalue weighted by Gasteiger charge is 2.36. The molecule has 0 spiro atoms. The third-order valence-corrected chi connectivity index (χ3v) is 3.79. The summed E-state index contributed by atoms with van der Waals surface area (Å²) in [6.07, 6.45) is 1.58. The average molecular weight is 299 g/mol. The molecule has 2 aliphatic rings. The van der Waals surface area contributed by atoms with Gasteiger partial charge in [0.1, 0.15) is 0 Å². The van der Waals surface area contributed by atoms with E-state index in [1.54, 1.807) is 18.1 Å². The summed E-state index contributed by atoms with van der Waals surface area (Å²) < 4.78 is 6.93. The van der Waals surface area contributed by atoms with Crippen LogP contribution >= 0.6 is 11.6 Å². The number of carbonyl (C=O) groups excluding carboxylic acids is 2. The van der Waals surface area contributed by atoms with Crippen molar-refractivity contribution in [3.05, 3.63) is 16.9 Å². The lowest BCUT2D eigenvalue weighted by molar-refractivity contribution is -0.125. The molecule has 2 bridgehead atoms. The van der Waals surface area contributed by atoms with E-state index in [1.807, 2.05) is 0 Å². The molecule has 0 saturated carbocycles. The fourth-order valence-corrected chi connectivity index (χ4v) is 2.81. The number of hydrogen-bond donors (Lipinski definition) is 1. The fraction of sp³-hybridized carbons (Fsp3) is 0.583. The zero-order valence-electron chi connectivity index (χ0n) is 11.0. The zero-order valence-corrected chi connectivity index (χ0v) is 11.8. The van der Waals surface area contributed by atoms with Gasteiger partial charge in [-0.2, -0.15) is 5.10 Å². The minimum Gasteiger partial charge on any atom is -0.378 e. The Bertz CT molecular complexity index is 559. The standard InChI is InChI=1S/C12H15ClN4O3/c1-16-4-9(13)10(15-16)12(19)17-2-7-5-20-6-8(3-17)14-11(7)18/h4,7-8H,2-3,5-6H2,1H3,(H,14,18)/t7-,8+/m1/s1. The van der Waals surface area contributed by atoms with Crippen LogP contribution in [-0.2, 0) is 16.6 Å². The number of nitrogens with zero attached hydrogens (tertiary/aromatic N) is 3. The summed E-state index contributed by atoms with van der Waals surface area (Å²) in [5, 5.41) is 7.29. The van der Waals surface area contributed by atoms with Crippen molar-refractivity contribution >= 4 is 23.4 Å². The first-order valence-electron chi connectivity index (χ1n) is 6.41. The molecule has 0 aromatic carbocycles. The highest BCUT2D eigenvalue weighted by Crippen LogP contribution is 2.19. The number of hydrogen-bond acceptors (Lipinski definition) is 4. The molecule has 0 unspecified atom stereocenters. The lowest BCUT2D eigenvalue weighted by atomic mass is 10.1. The Balaban J connectivity index is 1.85. The number of nitrogens with one attached hydrogen (secondary N) is 1. The fourth-order valence-electron chi connectivity index (χ4n) is 2.55. The van der Waals surface area contributed by atoms with Crippen molar-refractivity contribution in [3.8, 4) is 0 Å². The molecule has 2 amide bonds. The summed E-state index contributed by atoms with van der Waals surface area (Å²) >= 11 is 6.01. The molecule has 7 nitrogen and oxygen atoms in total. The minimum absolute atomic E-state index is 0.0603. The Morgan fingerprint density at radius 2 is 2.30 bits per heavy atom. The summed E-state index contributed by atoms with van der Waals surface area (Å²) in [7, 11) is 1.71. The van der Waals surface area contributed by atoms with Gasteiger partial charge in [0, 0.05) is 26.3 Å². The first kappa shape index (κ1) is 13.4. The smallest absolute Gasteiger partial charge is 0.276 e.